The highest BCUT2D eigenvalue weighted by molar-refractivity contribution is 5.92. The minimum atomic E-state index is -0.168. The zero-order valence-electron chi connectivity index (χ0n) is 17.0. The quantitative estimate of drug-likeness (QED) is 0.605. The van der Waals surface area contributed by atoms with Crippen molar-refractivity contribution < 1.29 is 19.0 Å². The second kappa shape index (κ2) is 10.0. The Hall–Kier alpha value is -2.93. The molecule has 2 aromatic rings. The predicted molar refractivity (Wildman–Crippen MR) is 109 cm³/mol. The molecule has 1 saturated heterocycles. The average Bonchev–Trinajstić information content (AvgIpc) is 3.25. The molecular weight excluding hydrogens is 370 g/mol. The minimum Gasteiger partial charge on any atom is -0.493 e. The van der Waals surface area contributed by atoms with Gasteiger partial charge < -0.3 is 19.1 Å². The molecule has 0 radical (unpaired) electrons. The number of hydrogen-bond donors (Lipinski definition) is 0. The van der Waals surface area contributed by atoms with Crippen LogP contribution in [-0.2, 0) is 11.3 Å². The van der Waals surface area contributed by atoms with Gasteiger partial charge in [0.1, 0.15) is 12.3 Å². The molecule has 0 aliphatic carbocycles. The third-order valence-corrected chi connectivity index (χ3v) is 4.69. The summed E-state index contributed by atoms with van der Waals surface area (Å²) in [6.07, 6.45) is 6.80. The van der Waals surface area contributed by atoms with Crippen LogP contribution in [0.15, 0.2) is 43.2 Å². The number of carbonyl (C=O) groups is 1. The number of aryl methyl sites for hydroxylation is 1. The highest BCUT2D eigenvalue weighted by Crippen LogP contribution is 2.29. The van der Waals surface area contributed by atoms with E-state index >= 15 is 0 Å². The van der Waals surface area contributed by atoms with E-state index in [2.05, 4.69) is 16.5 Å². The summed E-state index contributed by atoms with van der Waals surface area (Å²) in [5.41, 5.74) is 2.03. The number of carbonyl (C=O) groups excluding carboxylic acids is 1. The number of amides is 1. The molecule has 1 atom stereocenters. The Morgan fingerprint density at radius 3 is 2.86 bits per heavy atom. The molecule has 1 aliphatic rings. The average molecular weight is 397 g/mol. The monoisotopic (exact) mass is 397 g/mol. The van der Waals surface area contributed by atoms with Crippen LogP contribution in [0.3, 0.4) is 0 Å². The molecule has 1 amide bonds. The molecular formula is C22H27N3O4. The molecule has 3 rings (SSSR count). The van der Waals surface area contributed by atoms with Gasteiger partial charge in [-0.25, -0.2) is 4.98 Å². The summed E-state index contributed by atoms with van der Waals surface area (Å²) < 4.78 is 16.8. The molecule has 1 fully saturated rings. The first-order valence-corrected chi connectivity index (χ1v) is 9.71. The first kappa shape index (κ1) is 20.8. The summed E-state index contributed by atoms with van der Waals surface area (Å²) >= 11 is 0. The van der Waals surface area contributed by atoms with E-state index in [1.807, 2.05) is 25.1 Å². The molecule has 154 valence electrons. The number of hydrogen-bond acceptors (Lipinski definition) is 6. The van der Waals surface area contributed by atoms with Crippen molar-refractivity contribution in [1.82, 2.24) is 14.9 Å². The van der Waals surface area contributed by atoms with Crippen molar-refractivity contribution in [2.24, 2.45) is 0 Å². The van der Waals surface area contributed by atoms with Gasteiger partial charge in [-0.3, -0.25) is 9.78 Å². The Kier molecular flexibility index (Phi) is 7.19. The van der Waals surface area contributed by atoms with Gasteiger partial charge in [0.25, 0.3) is 5.91 Å². The summed E-state index contributed by atoms with van der Waals surface area (Å²) in [5.74, 6) is 1.08. The van der Waals surface area contributed by atoms with Gasteiger partial charge in [-0.1, -0.05) is 18.7 Å². The smallest absolute Gasteiger partial charge is 0.274 e. The fraction of sp³-hybridized carbons (Fsp3) is 0.409. The van der Waals surface area contributed by atoms with E-state index in [9.17, 15) is 4.79 Å². The Balaban J connectivity index is 1.81. The topological polar surface area (TPSA) is 73.8 Å². The molecule has 1 aliphatic heterocycles. The standard InChI is InChI=1S/C22H27N3O4/c1-4-9-29-20-8-7-17(11-21(20)27-3)14-25(15-18-6-5-10-28-18)22(26)19-13-23-16(2)12-24-19/h4,7-8,11-13,18H,1,5-6,9-10,14-15H2,2-3H3. The Bertz CT molecular complexity index is 832. The van der Waals surface area contributed by atoms with Gasteiger partial charge in [0.05, 0.1) is 25.1 Å². The summed E-state index contributed by atoms with van der Waals surface area (Å²) in [6, 6.07) is 5.66. The van der Waals surface area contributed by atoms with E-state index in [0.717, 1.165) is 30.7 Å². The maximum Gasteiger partial charge on any atom is 0.274 e. The third kappa shape index (κ3) is 5.54. The SMILES string of the molecule is C=CCOc1ccc(CN(CC2CCCO2)C(=O)c2cnc(C)cn2)cc1OC. The van der Waals surface area contributed by atoms with Gasteiger partial charge in [-0.2, -0.15) is 0 Å². The third-order valence-electron chi connectivity index (χ3n) is 4.69. The van der Waals surface area contributed by atoms with Crippen LogP contribution in [-0.4, -0.2) is 53.7 Å². The largest absolute Gasteiger partial charge is 0.493 e. The van der Waals surface area contributed by atoms with Crippen molar-refractivity contribution in [2.75, 3.05) is 26.9 Å². The molecule has 1 aromatic carbocycles. The van der Waals surface area contributed by atoms with E-state index in [1.165, 1.54) is 6.20 Å². The lowest BCUT2D eigenvalue weighted by molar-refractivity contribution is 0.0502. The maximum absolute atomic E-state index is 13.1. The Morgan fingerprint density at radius 2 is 2.21 bits per heavy atom. The van der Waals surface area contributed by atoms with Crippen molar-refractivity contribution in [3.8, 4) is 11.5 Å². The highest BCUT2D eigenvalue weighted by atomic mass is 16.5. The second-order valence-corrected chi connectivity index (χ2v) is 6.95. The molecule has 0 N–H and O–H groups in total. The summed E-state index contributed by atoms with van der Waals surface area (Å²) in [6.45, 7) is 7.54. The van der Waals surface area contributed by atoms with Crippen molar-refractivity contribution >= 4 is 5.91 Å². The van der Waals surface area contributed by atoms with Crippen molar-refractivity contribution in [2.45, 2.75) is 32.4 Å². The van der Waals surface area contributed by atoms with Gasteiger partial charge in [-0.05, 0) is 37.5 Å². The van der Waals surface area contributed by atoms with Crippen molar-refractivity contribution in [3.63, 3.8) is 0 Å². The van der Waals surface area contributed by atoms with Crippen LogP contribution >= 0.6 is 0 Å². The number of aromatic nitrogens is 2. The Labute approximate surface area is 171 Å². The molecule has 7 heteroatoms. The number of nitrogens with zero attached hydrogens (tertiary/aromatic N) is 3. The molecule has 29 heavy (non-hydrogen) atoms. The van der Waals surface area contributed by atoms with Crippen LogP contribution in [0, 0.1) is 6.92 Å². The fourth-order valence-electron chi connectivity index (χ4n) is 3.22. The van der Waals surface area contributed by atoms with Gasteiger partial charge in [0.15, 0.2) is 11.5 Å². The predicted octanol–water partition coefficient (Wildman–Crippen LogP) is 3.18. The number of rotatable bonds is 9. The number of ether oxygens (including phenoxy) is 3. The zero-order valence-corrected chi connectivity index (χ0v) is 17.0. The van der Waals surface area contributed by atoms with E-state index in [-0.39, 0.29) is 12.0 Å². The van der Waals surface area contributed by atoms with Crippen molar-refractivity contribution in [3.05, 3.63) is 60.2 Å². The normalized spacial score (nSPS) is 15.7. The second-order valence-electron chi connectivity index (χ2n) is 6.95. The molecule has 7 nitrogen and oxygen atoms in total. The molecule has 0 saturated carbocycles. The molecule has 0 spiro atoms. The van der Waals surface area contributed by atoms with Crippen LogP contribution in [0.25, 0.3) is 0 Å². The summed E-state index contributed by atoms with van der Waals surface area (Å²) in [4.78, 5) is 23.3. The van der Waals surface area contributed by atoms with Gasteiger partial charge in [0.2, 0.25) is 0 Å². The highest BCUT2D eigenvalue weighted by Gasteiger charge is 2.25. The van der Waals surface area contributed by atoms with Crippen LogP contribution in [0.2, 0.25) is 0 Å². The molecule has 1 unspecified atom stereocenters. The van der Waals surface area contributed by atoms with Gasteiger partial charge in [-0.15, -0.1) is 0 Å². The van der Waals surface area contributed by atoms with Crippen LogP contribution in [0.5, 0.6) is 11.5 Å². The van der Waals surface area contributed by atoms with Crippen molar-refractivity contribution in [1.29, 1.82) is 0 Å². The lowest BCUT2D eigenvalue weighted by atomic mass is 10.1. The zero-order chi connectivity index (χ0) is 20.6. The van der Waals surface area contributed by atoms with Gasteiger partial charge >= 0.3 is 0 Å². The van der Waals surface area contributed by atoms with E-state index in [0.29, 0.717) is 36.9 Å². The van der Waals surface area contributed by atoms with Gasteiger partial charge in [0, 0.05) is 25.9 Å². The Morgan fingerprint density at radius 1 is 1.34 bits per heavy atom. The first-order chi connectivity index (χ1) is 14.1. The summed E-state index contributed by atoms with van der Waals surface area (Å²) in [7, 11) is 1.59. The van der Waals surface area contributed by atoms with E-state index in [1.54, 1.807) is 24.3 Å². The van der Waals surface area contributed by atoms with Crippen LogP contribution in [0.4, 0.5) is 0 Å². The van der Waals surface area contributed by atoms with Crippen LogP contribution < -0.4 is 9.47 Å². The number of methoxy groups -OCH3 is 1. The molecule has 0 bridgehead atoms. The minimum absolute atomic E-state index is 0.0365. The fourth-order valence-corrected chi connectivity index (χ4v) is 3.22. The van der Waals surface area contributed by atoms with Crippen LogP contribution in [0.1, 0.15) is 34.6 Å². The maximum atomic E-state index is 13.1. The summed E-state index contributed by atoms with van der Waals surface area (Å²) in [5, 5.41) is 0. The first-order valence-electron chi connectivity index (χ1n) is 9.71. The lowest BCUT2D eigenvalue weighted by Gasteiger charge is -2.25. The molecule has 1 aromatic heterocycles. The number of benzene rings is 1. The van der Waals surface area contributed by atoms with E-state index in [4.69, 9.17) is 14.2 Å². The van der Waals surface area contributed by atoms with E-state index < -0.39 is 0 Å². The molecule has 2 heterocycles. The lowest BCUT2D eigenvalue weighted by Crippen LogP contribution is -2.37.